The van der Waals surface area contributed by atoms with E-state index in [9.17, 15) is 14.7 Å². The molecule has 2 saturated heterocycles. The van der Waals surface area contributed by atoms with Gasteiger partial charge in [0.05, 0.1) is 18.6 Å². The third kappa shape index (κ3) is 2.18. The number of carboxylic acid groups (broad SMARTS) is 1. The zero-order valence-electron chi connectivity index (χ0n) is 13.9. The molecule has 128 valence electrons. The monoisotopic (exact) mass is 328 g/mol. The highest BCUT2D eigenvalue weighted by Gasteiger charge is 2.65. The number of hydrogen-bond acceptors (Lipinski definition) is 4. The van der Waals surface area contributed by atoms with Crippen LogP contribution in [0.15, 0.2) is 36.0 Å². The number of carboxylic acids is 1. The minimum Gasteiger partial charge on any atom is -0.550 e. The Hall–Kier alpha value is -1.88. The topological polar surface area (TPSA) is 69.7 Å². The summed E-state index contributed by atoms with van der Waals surface area (Å²) in [6, 6.07) is 0. The predicted octanol–water partition coefficient (Wildman–Crippen LogP) is 0.821. The van der Waals surface area contributed by atoms with Gasteiger partial charge in [-0.05, 0) is 32.1 Å². The number of amides is 1. The van der Waals surface area contributed by atoms with E-state index in [4.69, 9.17) is 4.74 Å². The number of nitrogens with zero attached hydrogens (tertiary/aromatic N) is 1. The molecule has 5 heteroatoms. The van der Waals surface area contributed by atoms with Crippen molar-refractivity contribution in [3.05, 3.63) is 36.0 Å². The van der Waals surface area contributed by atoms with Crippen LogP contribution in [0.3, 0.4) is 0 Å². The van der Waals surface area contributed by atoms with Gasteiger partial charge in [0.15, 0.2) is 0 Å². The summed E-state index contributed by atoms with van der Waals surface area (Å²) in [4.78, 5) is 26.0. The Kier molecular flexibility index (Phi) is 3.46. The van der Waals surface area contributed by atoms with E-state index in [1.165, 1.54) is 11.1 Å². The predicted molar refractivity (Wildman–Crippen MR) is 85.5 cm³/mol. The quantitative estimate of drug-likeness (QED) is 0.717. The summed E-state index contributed by atoms with van der Waals surface area (Å²) >= 11 is 0. The van der Waals surface area contributed by atoms with E-state index in [1.807, 2.05) is 6.08 Å². The Morgan fingerprint density at radius 3 is 2.96 bits per heavy atom. The van der Waals surface area contributed by atoms with Crippen molar-refractivity contribution >= 4 is 11.9 Å². The second kappa shape index (κ2) is 5.31. The second-order valence-electron chi connectivity index (χ2n) is 7.59. The highest BCUT2D eigenvalue weighted by molar-refractivity contribution is 5.90. The van der Waals surface area contributed by atoms with Crippen LogP contribution in [0.4, 0.5) is 0 Å². The van der Waals surface area contributed by atoms with Crippen LogP contribution in [0, 0.1) is 17.8 Å². The largest absolute Gasteiger partial charge is 0.550 e. The zero-order valence-corrected chi connectivity index (χ0v) is 13.9. The minimum absolute atomic E-state index is 0.112. The Labute approximate surface area is 141 Å². The van der Waals surface area contributed by atoms with Crippen molar-refractivity contribution in [2.45, 2.75) is 37.9 Å². The number of carbonyl (C=O) groups excluding carboxylic acids is 2. The molecule has 2 bridgehead atoms. The fourth-order valence-corrected chi connectivity index (χ4v) is 4.71. The smallest absolute Gasteiger partial charge is 0.230 e. The molecule has 2 fully saturated rings. The van der Waals surface area contributed by atoms with Gasteiger partial charge in [-0.25, -0.2) is 0 Å². The van der Waals surface area contributed by atoms with Gasteiger partial charge in [-0.2, -0.15) is 0 Å². The molecule has 24 heavy (non-hydrogen) atoms. The van der Waals surface area contributed by atoms with Crippen molar-refractivity contribution in [1.82, 2.24) is 4.90 Å². The number of rotatable bonds is 4. The third-order valence-corrected chi connectivity index (χ3v) is 6.05. The first-order valence-corrected chi connectivity index (χ1v) is 8.61. The Morgan fingerprint density at radius 1 is 1.54 bits per heavy atom. The van der Waals surface area contributed by atoms with Crippen molar-refractivity contribution in [2.24, 2.45) is 17.8 Å². The number of ether oxygens (including phenoxy) is 1. The van der Waals surface area contributed by atoms with Crippen LogP contribution in [-0.4, -0.2) is 41.6 Å². The lowest BCUT2D eigenvalue weighted by molar-refractivity contribution is -0.313. The average molecular weight is 328 g/mol. The molecular weight excluding hydrogens is 306 g/mol. The van der Waals surface area contributed by atoms with Crippen LogP contribution in [-0.2, 0) is 14.3 Å². The molecule has 1 spiro atoms. The zero-order chi connectivity index (χ0) is 17.1. The van der Waals surface area contributed by atoms with E-state index in [2.05, 4.69) is 19.6 Å². The van der Waals surface area contributed by atoms with Crippen molar-refractivity contribution in [1.29, 1.82) is 0 Å². The van der Waals surface area contributed by atoms with Gasteiger partial charge in [0.1, 0.15) is 5.60 Å². The standard InChI is InChI=1S/C19H23NO4/c1-11(2)13-5-3-12(4-6-13)9-20-10-19-8-7-14(24-19)15(18(22)23)16(19)17(20)21/h3,7-8,13-16H,1,4-6,9-10H2,2H3,(H,22,23)/p-1/t13-,14-,15+,16-,19+/m1/s1. The number of fused-ring (bicyclic) bond motifs is 1. The molecule has 0 N–H and O–H groups in total. The van der Waals surface area contributed by atoms with Crippen molar-refractivity contribution < 1.29 is 19.4 Å². The molecule has 3 aliphatic heterocycles. The van der Waals surface area contributed by atoms with Crippen LogP contribution in [0.2, 0.25) is 0 Å². The first kappa shape index (κ1) is 15.6. The lowest BCUT2D eigenvalue weighted by Gasteiger charge is -2.27. The molecule has 0 radical (unpaired) electrons. The summed E-state index contributed by atoms with van der Waals surface area (Å²) in [5.41, 5.74) is 1.70. The second-order valence-corrected chi connectivity index (χ2v) is 7.59. The first-order valence-electron chi connectivity index (χ1n) is 8.61. The lowest BCUT2D eigenvalue weighted by Crippen LogP contribution is -2.45. The molecule has 1 aliphatic carbocycles. The van der Waals surface area contributed by atoms with E-state index in [1.54, 1.807) is 11.0 Å². The molecule has 0 unspecified atom stereocenters. The SMILES string of the molecule is C=C(C)[C@@H]1CC=C(CN2C[C@]34C=C[C@@H](O3)[C@H](C(=O)[O-])[C@@H]4C2=O)CC1. The lowest BCUT2D eigenvalue weighted by atomic mass is 9.77. The van der Waals surface area contributed by atoms with Crippen molar-refractivity contribution in [2.75, 3.05) is 13.1 Å². The van der Waals surface area contributed by atoms with Crippen molar-refractivity contribution in [3.63, 3.8) is 0 Å². The maximum absolute atomic E-state index is 12.8. The van der Waals surface area contributed by atoms with Gasteiger partial charge in [0.2, 0.25) is 5.91 Å². The fraction of sp³-hybridized carbons (Fsp3) is 0.579. The molecule has 4 rings (SSSR count). The summed E-state index contributed by atoms with van der Waals surface area (Å²) < 4.78 is 5.87. The fourth-order valence-electron chi connectivity index (χ4n) is 4.71. The molecule has 0 saturated carbocycles. The van der Waals surface area contributed by atoms with Gasteiger partial charge in [0.25, 0.3) is 0 Å². The van der Waals surface area contributed by atoms with Crippen LogP contribution < -0.4 is 5.11 Å². The van der Waals surface area contributed by atoms with Crippen molar-refractivity contribution in [3.8, 4) is 0 Å². The number of allylic oxidation sites excluding steroid dienone is 2. The Morgan fingerprint density at radius 2 is 2.33 bits per heavy atom. The number of hydrogen-bond donors (Lipinski definition) is 0. The third-order valence-electron chi connectivity index (χ3n) is 6.05. The molecule has 0 aromatic carbocycles. The molecule has 0 aromatic rings. The summed E-state index contributed by atoms with van der Waals surface area (Å²) in [6.45, 7) is 7.10. The van der Waals surface area contributed by atoms with E-state index in [0.717, 1.165) is 19.3 Å². The van der Waals surface area contributed by atoms with Gasteiger partial charge in [-0.3, -0.25) is 4.79 Å². The summed E-state index contributed by atoms with van der Waals surface area (Å²) in [6.07, 6.45) is 8.35. The van der Waals surface area contributed by atoms with Crippen LogP contribution >= 0.6 is 0 Å². The number of carbonyl (C=O) groups is 2. The van der Waals surface area contributed by atoms with Crippen LogP contribution in [0.1, 0.15) is 26.2 Å². The van der Waals surface area contributed by atoms with E-state index >= 15 is 0 Å². The number of likely N-dealkylation sites (tertiary alicyclic amines) is 1. The van der Waals surface area contributed by atoms with Crippen LogP contribution in [0.5, 0.6) is 0 Å². The summed E-state index contributed by atoms with van der Waals surface area (Å²) in [5.74, 6) is -2.26. The molecule has 1 amide bonds. The first-order chi connectivity index (χ1) is 11.4. The van der Waals surface area contributed by atoms with Gasteiger partial charge in [0, 0.05) is 18.4 Å². The summed E-state index contributed by atoms with van der Waals surface area (Å²) in [7, 11) is 0. The van der Waals surface area contributed by atoms with Gasteiger partial charge in [-0.1, -0.05) is 36.0 Å². The average Bonchev–Trinajstić information content (AvgIpc) is 3.16. The Balaban J connectivity index is 1.50. The molecule has 5 nitrogen and oxygen atoms in total. The van der Waals surface area contributed by atoms with Gasteiger partial charge in [-0.15, -0.1) is 0 Å². The summed E-state index contributed by atoms with van der Waals surface area (Å²) in [5, 5.41) is 11.5. The maximum Gasteiger partial charge on any atom is 0.230 e. The van der Waals surface area contributed by atoms with Crippen LogP contribution in [0.25, 0.3) is 0 Å². The van der Waals surface area contributed by atoms with Gasteiger partial charge >= 0.3 is 0 Å². The van der Waals surface area contributed by atoms with E-state index in [0.29, 0.717) is 19.0 Å². The van der Waals surface area contributed by atoms with E-state index < -0.39 is 29.5 Å². The molecule has 5 atom stereocenters. The normalized spacial score (nSPS) is 40.0. The molecular formula is C19H22NO4-. The maximum atomic E-state index is 12.8. The van der Waals surface area contributed by atoms with Gasteiger partial charge < -0.3 is 19.5 Å². The molecule has 4 aliphatic rings. The Bertz CT molecular complexity index is 679. The molecule has 0 aromatic heterocycles. The number of aliphatic carboxylic acids is 1. The van der Waals surface area contributed by atoms with E-state index in [-0.39, 0.29) is 5.91 Å². The minimum atomic E-state index is -1.19. The highest BCUT2D eigenvalue weighted by atomic mass is 16.5. The highest BCUT2D eigenvalue weighted by Crippen LogP contribution is 2.51. The molecule has 3 heterocycles.